The summed E-state index contributed by atoms with van der Waals surface area (Å²) in [5.41, 5.74) is 7.58. The first-order valence-electron chi connectivity index (χ1n) is 6.07. The van der Waals surface area contributed by atoms with Crippen LogP contribution in [0.15, 0.2) is 36.8 Å². The fourth-order valence-corrected chi connectivity index (χ4v) is 1.80. The minimum Gasteiger partial charge on any atom is -0.487 e. The fourth-order valence-electron chi connectivity index (χ4n) is 1.63. The number of pyridine rings is 2. The Morgan fingerprint density at radius 2 is 2.16 bits per heavy atom. The van der Waals surface area contributed by atoms with E-state index in [1.54, 1.807) is 18.6 Å². The summed E-state index contributed by atoms with van der Waals surface area (Å²) in [6.45, 7) is 2.35. The minimum absolute atomic E-state index is 0.106. The Hall–Kier alpha value is -1.65. The molecule has 2 heterocycles. The summed E-state index contributed by atoms with van der Waals surface area (Å²) in [6, 6.07) is 5.75. The van der Waals surface area contributed by atoms with Crippen LogP contribution in [-0.2, 0) is 13.0 Å². The van der Waals surface area contributed by atoms with Crippen molar-refractivity contribution in [1.82, 2.24) is 9.97 Å². The predicted molar refractivity (Wildman–Crippen MR) is 75.2 cm³/mol. The van der Waals surface area contributed by atoms with Gasteiger partial charge in [0.05, 0.1) is 11.2 Å². The third-order valence-corrected chi connectivity index (χ3v) is 2.92. The molecule has 2 rings (SSSR count). The largest absolute Gasteiger partial charge is 0.487 e. The van der Waals surface area contributed by atoms with Gasteiger partial charge in [-0.2, -0.15) is 0 Å². The first-order chi connectivity index (χ1) is 9.15. The number of rotatable bonds is 5. The molecule has 0 saturated heterocycles. The third kappa shape index (κ3) is 4.19. The van der Waals surface area contributed by atoms with E-state index in [0.717, 1.165) is 17.7 Å². The molecule has 0 radical (unpaired) electrons. The summed E-state index contributed by atoms with van der Waals surface area (Å²) in [6.07, 6.45) is 5.75. The van der Waals surface area contributed by atoms with Gasteiger partial charge in [-0.3, -0.25) is 9.97 Å². The van der Waals surface area contributed by atoms with Crippen LogP contribution in [0.2, 0.25) is 5.02 Å². The van der Waals surface area contributed by atoms with Crippen LogP contribution in [0.4, 0.5) is 0 Å². The van der Waals surface area contributed by atoms with Crippen molar-refractivity contribution in [3.05, 3.63) is 53.1 Å². The summed E-state index contributed by atoms with van der Waals surface area (Å²) >= 11 is 6.00. The molecule has 100 valence electrons. The first-order valence-corrected chi connectivity index (χ1v) is 6.44. The number of halogens is 1. The number of hydrogen-bond donors (Lipinski definition) is 1. The van der Waals surface area contributed by atoms with Crippen molar-refractivity contribution < 1.29 is 4.74 Å². The summed E-state index contributed by atoms with van der Waals surface area (Å²) in [4.78, 5) is 8.23. The monoisotopic (exact) mass is 277 g/mol. The van der Waals surface area contributed by atoms with Crippen LogP contribution in [-0.4, -0.2) is 16.0 Å². The van der Waals surface area contributed by atoms with Gasteiger partial charge < -0.3 is 10.5 Å². The maximum absolute atomic E-state index is 6.00. The zero-order chi connectivity index (χ0) is 13.7. The van der Waals surface area contributed by atoms with Crippen LogP contribution in [0.3, 0.4) is 0 Å². The maximum Gasteiger partial charge on any atom is 0.138 e. The second-order valence-electron chi connectivity index (χ2n) is 4.42. The molecule has 0 aromatic carbocycles. The van der Waals surface area contributed by atoms with Crippen molar-refractivity contribution in [1.29, 1.82) is 0 Å². The van der Waals surface area contributed by atoms with Crippen LogP contribution < -0.4 is 10.5 Å². The normalized spacial score (nSPS) is 12.2. The highest BCUT2D eigenvalue weighted by Crippen LogP contribution is 2.17. The molecule has 0 saturated carbocycles. The van der Waals surface area contributed by atoms with Crippen LogP contribution in [0.1, 0.15) is 18.2 Å². The zero-order valence-electron chi connectivity index (χ0n) is 10.7. The van der Waals surface area contributed by atoms with Gasteiger partial charge in [-0.05, 0) is 25.1 Å². The van der Waals surface area contributed by atoms with Crippen molar-refractivity contribution in [3.63, 3.8) is 0 Å². The highest BCUT2D eigenvalue weighted by Gasteiger charge is 2.03. The Morgan fingerprint density at radius 1 is 1.32 bits per heavy atom. The third-order valence-electron chi connectivity index (χ3n) is 2.58. The lowest BCUT2D eigenvalue weighted by atomic mass is 10.2. The fraction of sp³-hybridized carbons (Fsp3) is 0.286. The van der Waals surface area contributed by atoms with Gasteiger partial charge in [0.2, 0.25) is 0 Å². The van der Waals surface area contributed by atoms with Crippen molar-refractivity contribution >= 4 is 11.6 Å². The summed E-state index contributed by atoms with van der Waals surface area (Å²) in [7, 11) is 0. The topological polar surface area (TPSA) is 61.0 Å². The number of nitrogens with two attached hydrogens (primary N) is 1. The number of nitrogens with zero attached hydrogens (tertiary/aromatic N) is 2. The van der Waals surface area contributed by atoms with E-state index in [1.807, 2.05) is 25.1 Å². The van der Waals surface area contributed by atoms with Crippen molar-refractivity contribution in [2.24, 2.45) is 5.73 Å². The van der Waals surface area contributed by atoms with Gasteiger partial charge in [0.1, 0.15) is 12.4 Å². The molecule has 0 aliphatic heterocycles. The van der Waals surface area contributed by atoms with Gasteiger partial charge in [-0.1, -0.05) is 11.6 Å². The Balaban J connectivity index is 1.95. The summed E-state index contributed by atoms with van der Waals surface area (Å²) < 4.78 is 5.63. The SMILES string of the molecule is CC(N)Cc1ccc(OCc2ccncc2Cl)cn1. The molecule has 0 aliphatic carbocycles. The predicted octanol–water partition coefficient (Wildman–Crippen LogP) is 2.60. The summed E-state index contributed by atoms with van der Waals surface area (Å²) in [5, 5.41) is 0.601. The first kappa shape index (κ1) is 13.8. The van der Waals surface area contributed by atoms with E-state index in [4.69, 9.17) is 22.1 Å². The van der Waals surface area contributed by atoms with E-state index in [-0.39, 0.29) is 6.04 Å². The van der Waals surface area contributed by atoms with Crippen LogP contribution in [0.5, 0.6) is 5.75 Å². The Labute approximate surface area is 117 Å². The number of aromatic nitrogens is 2. The quantitative estimate of drug-likeness (QED) is 0.912. The molecule has 1 unspecified atom stereocenters. The highest BCUT2D eigenvalue weighted by molar-refractivity contribution is 6.31. The molecule has 0 spiro atoms. The van der Waals surface area contributed by atoms with Gasteiger partial charge in [0, 0.05) is 36.1 Å². The minimum atomic E-state index is 0.106. The van der Waals surface area contributed by atoms with Crippen molar-refractivity contribution in [3.8, 4) is 5.75 Å². The lowest BCUT2D eigenvalue weighted by Gasteiger charge is -2.08. The average Bonchev–Trinajstić information content (AvgIpc) is 2.39. The summed E-state index contributed by atoms with van der Waals surface area (Å²) in [5.74, 6) is 0.710. The number of ether oxygens (including phenoxy) is 1. The number of hydrogen-bond acceptors (Lipinski definition) is 4. The Morgan fingerprint density at radius 3 is 2.79 bits per heavy atom. The second-order valence-corrected chi connectivity index (χ2v) is 4.83. The van der Waals surface area contributed by atoms with E-state index in [9.17, 15) is 0 Å². The molecule has 2 aromatic heterocycles. The standard InChI is InChI=1S/C14H16ClN3O/c1-10(16)6-12-2-3-13(7-18-12)19-9-11-4-5-17-8-14(11)15/h2-5,7-8,10H,6,9,16H2,1H3. The van der Waals surface area contributed by atoms with Crippen LogP contribution in [0, 0.1) is 0 Å². The maximum atomic E-state index is 6.00. The van der Waals surface area contributed by atoms with Gasteiger partial charge in [-0.15, -0.1) is 0 Å². The van der Waals surface area contributed by atoms with Crippen LogP contribution >= 0.6 is 11.6 Å². The zero-order valence-corrected chi connectivity index (χ0v) is 11.5. The van der Waals surface area contributed by atoms with Crippen molar-refractivity contribution in [2.75, 3.05) is 0 Å². The van der Waals surface area contributed by atoms with Gasteiger partial charge >= 0.3 is 0 Å². The van der Waals surface area contributed by atoms with E-state index in [0.29, 0.717) is 17.4 Å². The highest BCUT2D eigenvalue weighted by atomic mass is 35.5. The lowest BCUT2D eigenvalue weighted by molar-refractivity contribution is 0.304. The molecule has 2 aromatic rings. The van der Waals surface area contributed by atoms with E-state index < -0.39 is 0 Å². The average molecular weight is 278 g/mol. The molecular weight excluding hydrogens is 262 g/mol. The molecule has 5 heteroatoms. The second kappa shape index (κ2) is 6.50. The van der Waals surface area contributed by atoms with Crippen molar-refractivity contribution in [2.45, 2.75) is 26.0 Å². The lowest BCUT2D eigenvalue weighted by Crippen LogP contribution is -2.18. The smallest absolute Gasteiger partial charge is 0.138 e. The van der Waals surface area contributed by atoms with Gasteiger partial charge in [-0.25, -0.2) is 0 Å². The Kier molecular flexibility index (Phi) is 4.71. The van der Waals surface area contributed by atoms with E-state index in [2.05, 4.69) is 9.97 Å². The molecular formula is C14H16ClN3O. The van der Waals surface area contributed by atoms with Gasteiger partial charge in [0.25, 0.3) is 0 Å². The molecule has 19 heavy (non-hydrogen) atoms. The molecule has 4 nitrogen and oxygen atoms in total. The molecule has 0 bridgehead atoms. The molecule has 0 fully saturated rings. The molecule has 2 N–H and O–H groups in total. The molecule has 0 aliphatic rings. The molecule has 0 amide bonds. The molecule has 1 atom stereocenters. The van der Waals surface area contributed by atoms with Gasteiger partial charge in [0.15, 0.2) is 0 Å². The van der Waals surface area contributed by atoms with Crippen LogP contribution in [0.25, 0.3) is 0 Å². The van der Waals surface area contributed by atoms with E-state index >= 15 is 0 Å². The van der Waals surface area contributed by atoms with E-state index in [1.165, 1.54) is 0 Å². The Bertz CT molecular complexity index is 528.